The van der Waals surface area contributed by atoms with Crippen molar-refractivity contribution in [1.82, 2.24) is 15.5 Å². The average Bonchev–Trinajstić information content (AvgIpc) is 2.87. The second-order valence-electron chi connectivity index (χ2n) is 4.01. The molecule has 1 aliphatic heterocycles. The van der Waals surface area contributed by atoms with Crippen LogP contribution in [0.4, 0.5) is 5.13 Å². The van der Waals surface area contributed by atoms with Crippen LogP contribution in [0.15, 0.2) is 0 Å². The summed E-state index contributed by atoms with van der Waals surface area (Å²) < 4.78 is 0. The largest absolute Gasteiger partial charge is 0.314 e. The Labute approximate surface area is 111 Å². The number of amides is 1. The first-order valence-electron chi connectivity index (χ1n) is 5.57. The van der Waals surface area contributed by atoms with Gasteiger partial charge >= 0.3 is 0 Å². The van der Waals surface area contributed by atoms with Crippen molar-refractivity contribution in [3.05, 3.63) is 5.01 Å². The minimum absolute atomic E-state index is 0. The van der Waals surface area contributed by atoms with Crippen LogP contribution >= 0.6 is 23.7 Å². The number of anilines is 1. The predicted molar refractivity (Wildman–Crippen MR) is 70.8 cm³/mol. The molecule has 0 aliphatic carbocycles. The van der Waals surface area contributed by atoms with Crippen molar-refractivity contribution in [3.8, 4) is 0 Å². The molecule has 2 heterocycles. The van der Waals surface area contributed by atoms with Gasteiger partial charge in [-0.2, -0.15) is 0 Å². The van der Waals surface area contributed by atoms with Crippen LogP contribution in [-0.2, 0) is 4.79 Å². The zero-order valence-electron chi connectivity index (χ0n) is 9.73. The van der Waals surface area contributed by atoms with Crippen LogP contribution in [0.3, 0.4) is 0 Å². The van der Waals surface area contributed by atoms with Gasteiger partial charge in [-0.1, -0.05) is 11.3 Å². The number of hydrogen-bond acceptors (Lipinski definition) is 5. The van der Waals surface area contributed by atoms with Crippen molar-refractivity contribution in [2.75, 3.05) is 11.9 Å². The van der Waals surface area contributed by atoms with Crippen LogP contribution in [-0.4, -0.2) is 28.7 Å². The number of aryl methyl sites for hydroxylation is 1. The van der Waals surface area contributed by atoms with Crippen LogP contribution in [0, 0.1) is 6.92 Å². The van der Waals surface area contributed by atoms with Gasteiger partial charge in [-0.15, -0.1) is 22.6 Å². The van der Waals surface area contributed by atoms with Gasteiger partial charge in [-0.05, 0) is 32.7 Å². The van der Waals surface area contributed by atoms with Gasteiger partial charge in [0.1, 0.15) is 5.01 Å². The molecule has 0 spiro atoms. The van der Waals surface area contributed by atoms with E-state index in [1.165, 1.54) is 24.2 Å². The summed E-state index contributed by atoms with van der Waals surface area (Å²) in [6.45, 7) is 2.96. The molecular weight excluding hydrogens is 260 g/mol. The maximum atomic E-state index is 11.6. The zero-order valence-corrected chi connectivity index (χ0v) is 11.4. The van der Waals surface area contributed by atoms with Gasteiger partial charge in [0, 0.05) is 12.5 Å². The molecule has 1 amide bonds. The van der Waals surface area contributed by atoms with Gasteiger partial charge < -0.3 is 10.6 Å². The highest BCUT2D eigenvalue weighted by Crippen LogP contribution is 2.15. The number of nitrogens with zero attached hydrogens (tertiary/aromatic N) is 2. The molecule has 2 rings (SSSR count). The van der Waals surface area contributed by atoms with Crippen LogP contribution in [0.5, 0.6) is 0 Å². The minimum Gasteiger partial charge on any atom is -0.314 e. The molecule has 17 heavy (non-hydrogen) atoms. The minimum atomic E-state index is 0. The van der Waals surface area contributed by atoms with Crippen LogP contribution < -0.4 is 10.6 Å². The Morgan fingerprint density at radius 1 is 1.59 bits per heavy atom. The van der Waals surface area contributed by atoms with Gasteiger partial charge in [0.15, 0.2) is 0 Å². The number of rotatable bonds is 4. The van der Waals surface area contributed by atoms with E-state index in [2.05, 4.69) is 20.8 Å². The summed E-state index contributed by atoms with van der Waals surface area (Å²) in [5.41, 5.74) is 0. The summed E-state index contributed by atoms with van der Waals surface area (Å²) in [6.07, 6.45) is 3.87. The SMILES string of the molecule is Cc1nnc(NC(=O)CCC2CCCN2)s1.Cl. The number of carbonyl (C=O) groups excluding carboxylic acids is 1. The highest BCUT2D eigenvalue weighted by Gasteiger charge is 2.15. The third-order valence-corrected chi connectivity index (χ3v) is 3.41. The number of aromatic nitrogens is 2. The van der Waals surface area contributed by atoms with Crippen LogP contribution in [0.25, 0.3) is 0 Å². The summed E-state index contributed by atoms with van der Waals surface area (Å²) in [5.74, 6) is 0.0323. The van der Waals surface area contributed by atoms with E-state index in [1.807, 2.05) is 6.92 Å². The monoisotopic (exact) mass is 276 g/mol. The van der Waals surface area contributed by atoms with E-state index in [0.29, 0.717) is 17.6 Å². The molecule has 0 aromatic carbocycles. The van der Waals surface area contributed by atoms with E-state index in [0.717, 1.165) is 18.0 Å². The lowest BCUT2D eigenvalue weighted by atomic mass is 10.1. The van der Waals surface area contributed by atoms with E-state index in [9.17, 15) is 4.79 Å². The normalized spacial score (nSPS) is 18.8. The second kappa shape index (κ2) is 6.88. The zero-order chi connectivity index (χ0) is 11.4. The summed E-state index contributed by atoms with van der Waals surface area (Å²) in [6, 6.07) is 0.516. The first-order valence-corrected chi connectivity index (χ1v) is 6.39. The molecular formula is C10H17ClN4OS. The van der Waals surface area contributed by atoms with E-state index in [-0.39, 0.29) is 18.3 Å². The van der Waals surface area contributed by atoms with Crippen molar-refractivity contribution >= 4 is 34.8 Å². The van der Waals surface area contributed by atoms with Gasteiger partial charge in [-0.25, -0.2) is 0 Å². The Hall–Kier alpha value is -0.720. The Balaban J connectivity index is 0.00000144. The highest BCUT2D eigenvalue weighted by molar-refractivity contribution is 7.15. The molecule has 1 aromatic rings. The quantitative estimate of drug-likeness (QED) is 0.879. The first-order chi connectivity index (χ1) is 7.74. The first kappa shape index (κ1) is 14.3. The molecule has 1 fully saturated rings. The summed E-state index contributed by atoms with van der Waals surface area (Å²) in [5, 5.41) is 15.3. The number of hydrogen-bond donors (Lipinski definition) is 2. The molecule has 1 aromatic heterocycles. The lowest BCUT2D eigenvalue weighted by Crippen LogP contribution is -2.23. The second-order valence-corrected chi connectivity index (χ2v) is 5.19. The van der Waals surface area contributed by atoms with Gasteiger partial charge in [0.2, 0.25) is 11.0 Å². The van der Waals surface area contributed by atoms with Crippen LogP contribution in [0.2, 0.25) is 0 Å². The lowest BCUT2D eigenvalue weighted by Gasteiger charge is -2.08. The van der Waals surface area contributed by atoms with Crippen molar-refractivity contribution < 1.29 is 4.79 Å². The Morgan fingerprint density at radius 2 is 2.41 bits per heavy atom. The number of nitrogens with one attached hydrogen (secondary N) is 2. The van der Waals surface area contributed by atoms with Gasteiger partial charge in [0.25, 0.3) is 0 Å². The molecule has 5 nitrogen and oxygen atoms in total. The third kappa shape index (κ3) is 4.57. The van der Waals surface area contributed by atoms with E-state index in [1.54, 1.807) is 0 Å². The topological polar surface area (TPSA) is 66.9 Å². The Kier molecular flexibility index (Phi) is 5.80. The molecule has 0 bridgehead atoms. The van der Waals surface area contributed by atoms with Crippen molar-refractivity contribution in [2.24, 2.45) is 0 Å². The molecule has 7 heteroatoms. The molecule has 1 unspecified atom stereocenters. The fraction of sp³-hybridized carbons (Fsp3) is 0.700. The maximum Gasteiger partial charge on any atom is 0.226 e. The van der Waals surface area contributed by atoms with Gasteiger partial charge in [0.05, 0.1) is 0 Å². The molecule has 1 aliphatic rings. The third-order valence-electron chi connectivity index (χ3n) is 2.65. The summed E-state index contributed by atoms with van der Waals surface area (Å²) in [4.78, 5) is 11.6. The molecule has 0 saturated carbocycles. The van der Waals surface area contributed by atoms with E-state index >= 15 is 0 Å². The van der Waals surface area contributed by atoms with Crippen molar-refractivity contribution in [2.45, 2.75) is 38.6 Å². The molecule has 1 atom stereocenters. The maximum absolute atomic E-state index is 11.6. The smallest absolute Gasteiger partial charge is 0.226 e. The fourth-order valence-electron chi connectivity index (χ4n) is 1.84. The van der Waals surface area contributed by atoms with E-state index < -0.39 is 0 Å². The predicted octanol–water partition coefficient (Wildman–Crippen LogP) is 1.74. The fourth-order valence-corrected chi connectivity index (χ4v) is 2.45. The standard InChI is InChI=1S/C10H16N4OS.ClH/c1-7-13-14-10(16-7)12-9(15)5-4-8-3-2-6-11-8;/h8,11H,2-6H2,1H3,(H,12,14,15);1H. The summed E-state index contributed by atoms with van der Waals surface area (Å²) in [7, 11) is 0. The van der Waals surface area contributed by atoms with E-state index in [4.69, 9.17) is 0 Å². The summed E-state index contributed by atoms with van der Waals surface area (Å²) >= 11 is 1.40. The molecule has 1 saturated heterocycles. The van der Waals surface area contributed by atoms with Crippen molar-refractivity contribution in [3.63, 3.8) is 0 Å². The number of carbonyl (C=O) groups is 1. The number of halogens is 1. The van der Waals surface area contributed by atoms with Crippen molar-refractivity contribution in [1.29, 1.82) is 0 Å². The lowest BCUT2D eigenvalue weighted by molar-refractivity contribution is -0.116. The Morgan fingerprint density at radius 3 is 3.00 bits per heavy atom. The van der Waals surface area contributed by atoms with Gasteiger partial charge in [-0.3, -0.25) is 4.79 Å². The molecule has 96 valence electrons. The Bertz CT molecular complexity index is 365. The molecule has 0 radical (unpaired) electrons. The highest BCUT2D eigenvalue weighted by atomic mass is 35.5. The average molecular weight is 277 g/mol. The van der Waals surface area contributed by atoms with Crippen LogP contribution in [0.1, 0.15) is 30.7 Å². The molecule has 2 N–H and O–H groups in total.